The molecule has 1 nitrogen and oxygen atoms in total. The molecule has 0 amide bonds. The first kappa shape index (κ1) is 5.56. The summed E-state index contributed by atoms with van der Waals surface area (Å²) in [7, 11) is 0. The predicted molar refractivity (Wildman–Crippen MR) is 39.6 cm³/mol. The van der Waals surface area contributed by atoms with Gasteiger partial charge in [0.05, 0.1) is 4.05 Å². The number of alkyl halides is 1. The third kappa shape index (κ3) is 1.78. The number of hydrogen-bond acceptors (Lipinski definition) is 1. The van der Waals surface area contributed by atoms with Crippen LogP contribution in [0.1, 0.15) is 6.42 Å². The Morgan fingerprint density at radius 1 is 1.71 bits per heavy atom. The quantitative estimate of drug-likeness (QED) is 0.274. The summed E-state index contributed by atoms with van der Waals surface area (Å²) in [5, 5.41) is 3.28. The average Bonchev–Trinajstić information content (AvgIpc) is 1.69. The fourth-order valence-corrected chi connectivity index (χ4v) is 1.19. The Kier molecular flexibility index (Phi) is 2.12. The molecule has 0 spiro atoms. The van der Waals surface area contributed by atoms with E-state index in [0.717, 1.165) is 6.54 Å². The Labute approximate surface area is 57.3 Å². The van der Waals surface area contributed by atoms with Gasteiger partial charge in [-0.15, -0.1) is 0 Å². The number of halogens is 1. The number of hydrogen-bond donors (Lipinski definition) is 1. The van der Waals surface area contributed by atoms with Crippen molar-refractivity contribution < 1.29 is 0 Å². The van der Waals surface area contributed by atoms with Gasteiger partial charge in [0.2, 0.25) is 0 Å². The molecule has 0 aliphatic carbocycles. The van der Waals surface area contributed by atoms with Gasteiger partial charge in [-0.2, -0.15) is 0 Å². The van der Waals surface area contributed by atoms with Crippen molar-refractivity contribution in [3.63, 3.8) is 0 Å². The van der Waals surface area contributed by atoms with Gasteiger partial charge in [0.15, 0.2) is 0 Å². The van der Waals surface area contributed by atoms with Gasteiger partial charge < -0.3 is 5.32 Å². The Bertz CT molecular complexity index is 80.1. The minimum Gasteiger partial charge on any atom is -0.302 e. The zero-order chi connectivity index (χ0) is 5.11. The van der Waals surface area contributed by atoms with Crippen LogP contribution < -0.4 is 5.32 Å². The van der Waals surface area contributed by atoms with Crippen LogP contribution in [0.15, 0.2) is 12.2 Å². The van der Waals surface area contributed by atoms with Gasteiger partial charge in [-0.1, -0.05) is 34.7 Å². The lowest BCUT2D eigenvalue weighted by atomic mass is 10.3. The first-order chi connectivity index (χ1) is 3.39. The summed E-state index contributed by atoms with van der Waals surface area (Å²) in [6.45, 7) is 1.14. The molecule has 2 heteroatoms. The van der Waals surface area contributed by atoms with Gasteiger partial charge in [0.1, 0.15) is 0 Å². The van der Waals surface area contributed by atoms with Crippen LogP contribution in [-0.2, 0) is 0 Å². The Balaban J connectivity index is 2.36. The second-order valence-electron chi connectivity index (χ2n) is 1.57. The van der Waals surface area contributed by atoms with Gasteiger partial charge in [-0.05, 0) is 13.0 Å². The summed E-state index contributed by atoms with van der Waals surface area (Å²) in [5.41, 5.74) is 0. The van der Waals surface area contributed by atoms with Gasteiger partial charge >= 0.3 is 0 Å². The van der Waals surface area contributed by atoms with Crippen molar-refractivity contribution in [2.24, 2.45) is 0 Å². The maximum absolute atomic E-state index is 3.28. The lowest BCUT2D eigenvalue weighted by Gasteiger charge is -2.10. The van der Waals surface area contributed by atoms with Crippen molar-refractivity contribution >= 4 is 22.6 Å². The summed E-state index contributed by atoms with van der Waals surface area (Å²) in [6, 6.07) is 0. The van der Waals surface area contributed by atoms with E-state index in [1.807, 2.05) is 0 Å². The highest BCUT2D eigenvalue weighted by molar-refractivity contribution is 14.1. The van der Waals surface area contributed by atoms with Gasteiger partial charge in [-0.25, -0.2) is 0 Å². The highest BCUT2D eigenvalue weighted by Gasteiger charge is 1.98. The molecule has 0 aromatic heterocycles. The molecule has 1 rings (SSSR count). The minimum atomic E-state index is 0.575. The van der Waals surface area contributed by atoms with Gasteiger partial charge in [0.25, 0.3) is 0 Å². The van der Waals surface area contributed by atoms with Crippen molar-refractivity contribution in [2.75, 3.05) is 6.54 Å². The molecular formula is C5H8IN. The van der Waals surface area contributed by atoms with E-state index in [1.165, 1.54) is 6.42 Å². The van der Waals surface area contributed by atoms with Crippen LogP contribution in [0.2, 0.25) is 0 Å². The molecular weight excluding hydrogens is 201 g/mol. The lowest BCUT2D eigenvalue weighted by Crippen LogP contribution is -2.24. The van der Waals surface area contributed by atoms with Gasteiger partial charge in [-0.3, -0.25) is 0 Å². The molecule has 0 radical (unpaired) electrons. The predicted octanol–water partition coefficient (Wildman–Crippen LogP) is 1.30. The molecule has 1 unspecified atom stereocenters. The molecule has 1 aliphatic heterocycles. The molecule has 1 aliphatic rings. The SMILES string of the molecule is IC1C=CCCN1. The molecule has 0 aromatic carbocycles. The van der Waals surface area contributed by atoms with E-state index in [2.05, 4.69) is 40.1 Å². The van der Waals surface area contributed by atoms with Crippen molar-refractivity contribution in [2.45, 2.75) is 10.5 Å². The second kappa shape index (κ2) is 2.67. The van der Waals surface area contributed by atoms with E-state index >= 15 is 0 Å². The third-order valence-electron chi connectivity index (χ3n) is 0.955. The molecule has 0 aromatic rings. The maximum Gasteiger partial charge on any atom is 0.0779 e. The van der Waals surface area contributed by atoms with Crippen molar-refractivity contribution in [3.05, 3.63) is 12.2 Å². The number of rotatable bonds is 0. The Morgan fingerprint density at radius 2 is 2.57 bits per heavy atom. The van der Waals surface area contributed by atoms with Crippen molar-refractivity contribution in [1.29, 1.82) is 0 Å². The average molecular weight is 209 g/mol. The molecule has 0 saturated carbocycles. The first-order valence-corrected chi connectivity index (χ1v) is 3.68. The van der Waals surface area contributed by atoms with E-state index in [-0.39, 0.29) is 0 Å². The molecule has 0 fully saturated rings. The highest BCUT2D eigenvalue weighted by Crippen LogP contribution is 2.02. The van der Waals surface area contributed by atoms with Crippen LogP contribution >= 0.6 is 22.6 Å². The van der Waals surface area contributed by atoms with Crippen LogP contribution in [0.3, 0.4) is 0 Å². The van der Waals surface area contributed by atoms with Crippen molar-refractivity contribution in [3.8, 4) is 0 Å². The summed E-state index contributed by atoms with van der Waals surface area (Å²) in [6.07, 6.45) is 5.59. The fraction of sp³-hybridized carbons (Fsp3) is 0.600. The molecule has 1 atom stereocenters. The van der Waals surface area contributed by atoms with E-state index in [0.29, 0.717) is 4.05 Å². The zero-order valence-corrected chi connectivity index (χ0v) is 6.18. The van der Waals surface area contributed by atoms with Gasteiger partial charge in [0, 0.05) is 0 Å². The fourth-order valence-electron chi connectivity index (χ4n) is 0.588. The molecule has 0 saturated heterocycles. The van der Waals surface area contributed by atoms with E-state index < -0.39 is 0 Å². The molecule has 1 N–H and O–H groups in total. The summed E-state index contributed by atoms with van der Waals surface area (Å²) < 4.78 is 0.575. The normalized spacial score (nSPS) is 30.7. The monoisotopic (exact) mass is 209 g/mol. The Morgan fingerprint density at radius 3 is 2.86 bits per heavy atom. The van der Waals surface area contributed by atoms with E-state index in [1.54, 1.807) is 0 Å². The van der Waals surface area contributed by atoms with Crippen LogP contribution in [0.25, 0.3) is 0 Å². The van der Waals surface area contributed by atoms with Crippen LogP contribution in [-0.4, -0.2) is 10.6 Å². The zero-order valence-electron chi connectivity index (χ0n) is 4.02. The maximum atomic E-state index is 3.28. The van der Waals surface area contributed by atoms with Crippen molar-refractivity contribution in [1.82, 2.24) is 5.32 Å². The third-order valence-corrected chi connectivity index (χ3v) is 1.81. The van der Waals surface area contributed by atoms with E-state index in [4.69, 9.17) is 0 Å². The summed E-state index contributed by atoms with van der Waals surface area (Å²) in [4.78, 5) is 0. The Hall–Kier alpha value is 0.430. The topological polar surface area (TPSA) is 12.0 Å². The molecule has 7 heavy (non-hydrogen) atoms. The highest BCUT2D eigenvalue weighted by atomic mass is 127. The molecule has 1 heterocycles. The van der Waals surface area contributed by atoms with E-state index in [9.17, 15) is 0 Å². The second-order valence-corrected chi connectivity index (χ2v) is 2.91. The minimum absolute atomic E-state index is 0.575. The summed E-state index contributed by atoms with van der Waals surface area (Å²) in [5.74, 6) is 0. The largest absolute Gasteiger partial charge is 0.302 e. The molecule has 40 valence electrons. The molecule has 0 bridgehead atoms. The smallest absolute Gasteiger partial charge is 0.0779 e. The number of nitrogens with one attached hydrogen (secondary N) is 1. The van der Waals surface area contributed by atoms with Crippen LogP contribution in [0, 0.1) is 0 Å². The lowest BCUT2D eigenvalue weighted by molar-refractivity contribution is 0.712. The summed E-state index contributed by atoms with van der Waals surface area (Å²) >= 11 is 2.36. The standard InChI is InChI=1S/C5H8IN/c6-5-3-1-2-4-7-5/h1,3,5,7H,2,4H2. The van der Waals surface area contributed by atoms with Crippen LogP contribution in [0.5, 0.6) is 0 Å². The van der Waals surface area contributed by atoms with Crippen LogP contribution in [0.4, 0.5) is 0 Å². The first-order valence-electron chi connectivity index (χ1n) is 2.44.